The topological polar surface area (TPSA) is 106 Å². The molecule has 1 aliphatic heterocycles. The molecule has 1 aromatic heterocycles. The standard InChI is InChI=1S/C19H24N6O2/c1-4-25-8-6-7-13-9-16(15(20)10-17(13)25)23-24-19-21-11-14(12(3)22-19)18(26)27-5-2/h9-11H,4-8,20H2,1-3H3. The summed E-state index contributed by atoms with van der Waals surface area (Å²) in [5.41, 5.74) is 10.6. The average Bonchev–Trinajstić information content (AvgIpc) is 2.66. The van der Waals surface area contributed by atoms with Crippen molar-refractivity contribution in [3.63, 3.8) is 0 Å². The SMILES string of the molecule is CCOC(=O)c1cnc(N=Nc2cc3c(cc2N)N(CC)CCC3)nc1C. The highest BCUT2D eigenvalue weighted by Gasteiger charge is 2.18. The van der Waals surface area contributed by atoms with E-state index in [4.69, 9.17) is 10.5 Å². The lowest BCUT2D eigenvalue weighted by Crippen LogP contribution is -2.28. The number of ether oxygens (including phenoxy) is 1. The smallest absolute Gasteiger partial charge is 0.341 e. The molecule has 0 radical (unpaired) electrons. The zero-order chi connectivity index (χ0) is 19.4. The summed E-state index contributed by atoms with van der Waals surface area (Å²) >= 11 is 0. The normalized spacial score (nSPS) is 13.7. The molecule has 2 N–H and O–H groups in total. The summed E-state index contributed by atoms with van der Waals surface area (Å²) in [6.45, 7) is 7.89. The maximum atomic E-state index is 11.8. The molecule has 0 fully saturated rings. The van der Waals surface area contributed by atoms with Crippen LogP contribution in [0.5, 0.6) is 0 Å². The minimum atomic E-state index is -0.446. The van der Waals surface area contributed by atoms with Gasteiger partial charge in [-0.05, 0) is 51.3 Å². The molecular formula is C19H24N6O2. The number of rotatable bonds is 5. The van der Waals surface area contributed by atoms with Gasteiger partial charge in [0, 0.05) is 25.0 Å². The molecular weight excluding hydrogens is 344 g/mol. The van der Waals surface area contributed by atoms with Crippen LogP contribution in [0.1, 0.15) is 41.9 Å². The van der Waals surface area contributed by atoms with Crippen molar-refractivity contribution in [2.75, 3.05) is 30.3 Å². The average molecular weight is 368 g/mol. The maximum absolute atomic E-state index is 11.8. The van der Waals surface area contributed by atoms with E-state index in [0.717, 1.165) is 25.9 Å². The van der Waals surface area contributed by atoms with Gasteiger partial charge in [0.15, 0.2) is 0 Å². The van der Waals surface area contributed by atoms with Crippen molar-refractivity contribution in [3.8, 4) is 0 Å². The summed E-state index contributed by atoms with van der Waals surface area (Å²) in [6, 6.07) is 3.94. The minimum Gasteiger partial charge on any atom is -0.462 e. The highest BCUT2D eigenvalue weighted by atomic mass is 16.5. The van der Waals surface area contributed by atoms with E-state index in [0.29, 0.717) is 29.2 Å². The van der Waals surface area contributed by atoms with E-state index < -0.39 is 5.97 Å². The van der Waals surface area contributed by atoms with Gasteiger partial charge in [-0.3, -0.25) is 0 Å². The Morgan fingerprint density at radius 1 is 1.33 bits per heavy atom. The van der Waals surface area contributed by atoms with Crippen molar-refractivity contribution in [1.82, 2.24) is 9.97 Å². The van der Waals surface area contributed by atoms with Gasteiger partial charge in [-0.2, -0.15) is 0 Å². The Hall–Kier alpha value is -3.03. The van der Waals surface area contributed by atoms with Gasteiger partial charge in [0.25, 0.3) is 5.95 Å². The summed E-state index contributed by atoms with van der Waals surface area (Å²) in [5.74, 6) is -0.272. The summed E-state index contributed by atoms with van der Waals surface area (Å²) in [6.07, 6.45) is 3.52. The first-order chi connectivity index (χ1) is 13.0. The molecule has 0 saturated carbocycles. The van der Waals surface area contributed by atoms with Crippen LogP contribution in [-0.4, -0.2) is 35.6 Å². The number of hydrogen-bond acceptors (Lipinski definition) is 8. The molecule has 0 bridgehead atoms. The van der Waals surface area contributed by atoms with Crippen LogP contribution < -0.4 is 10.6 Å². The molecule has 27 heavy (non-hydrogen) atoms. The monoisotopic (exact) mass is 368 g/mol. The molecule has 0 atom stereocenters. The van der Waals surface area contributed by atoms with Crippen molar-refractivity contribution in [2.24, 2.45) is 10.2 Å². The Labute approximate surface area is 158 Å². The van der Waals surface area contributed by atoms with Gasteiger partial charge in [-0.25, -0.2) is 14.8 Å². The van der Waals surface area contributed by atoms with Gasteiger partial charge >= 0.3 is 5.97 Å². The zero-order valence-electron chi connectivity index (χ0n) is 15.9. The second kappa shape index (κ2) is 8.11. The lowest BCUT2D eigenvalue weighted by Gasteiger charge is -2.30. The number of nitrogen functional groups attached to an aromatic ring is 1. The second-order valence-corrected chi connectivity index (χ2v) is 6.31. The molecule has 1 aliphatic rings. The van der Waals surface area contributed by atoms with E-state index in [1.807, 2.05) is 12.1 Å². The first-order valence-corrected chi connectivity index (χ1v) is 9.13. The number of carbonyl (C=O) groups excluding carboxylic acids is 1. The number of fused-ring (bicyclic) bond motifs is 1. The quantitative estimate of drug-likeness (QED) is 0.489. The second-order valence-electron chi connectivity index (χ2n) is 6.31. The van der Waals surface area contributed by atoms with E-state index in [1.165, 1.54) is 17.4 Å². The zero-order valence-corrected chi connectivity index (χ0v) is 15.9. The number of esters is 1. The van der Waals surface area contributed by atoms with Crippen molar-refractivity contribution >= 4 is 29.0 Å². The number of azo groups is 1. The van der Waals surface area contributed by atoms with E-state index in [2.05, 4.69) is 32.0 Å². The molecule has 142 valence electrons. The molecule has 3 rings (SSSR count). The molecule has 0 saturated heterocycles. The van der Waals surface area contributed by atoms with Crippen molar-refractivity contribution < 1.29 is 9.53 Å². The largest absolute Gasteiger partial charge is 0.462 e. The van der Waals surface area contributed by atoms with Crippen molar-refractivity contribution in [1.29, 1.82) is 0 Å². The number of nitrogens with two attached hydrogens (primary N) is 1. The predicted octanol–water partition coefficient (Wildman–Crippen LogP) is 3.73. The fraction of sp³-hybridized carbons (Fsp3) is 0.421. The third-order valence-electron chi connectivity index (χ3n) is 4.53. The van der Waals surface area contributed by atoms with Crippen LogP contribution in [0.3, 0.4) is 0 Å². The molecule has 0 amide bonds. The Morgan fingerprint density at radius 3 is 2.85 bits per heavy atom. The van der Waals surface area contributed by atoms with E-state index in [1.54, 1.807) is 13.8 Å². The molecule has 2 heterocycles. The van der Waals surface area contributed by atoms with Gasteiger partial charge in [-0.1, -0.05) is 0 Å². The van der Waals surface area contributed by atoms with Crippen LogP contribution in [-0.2, 0) is 11.2 Å². The third kappa shape index (κ3) is 4.05. The Bertz CT molecular complexity index is 881. The molecule has 2 aromatic rings. The summed E-state index contributed by atoms with van der Waals surface area (Å²) in [5, 5.41) is 8.32. The van der Waals surface area contributed by atoms with Crippen LogP contribution in [0.15, 0.2) is 28.6 Å². The number of carbonyl (C=O) groups is 1. The Kier molecular flexibility index (Phi) is 5.63. The van der Waals surface area contributed by atoms with Gasteiger partial charge < -0.3 is 15.4 Å². The van der Waals surface area contributed by atoms with Gasteiger partial charge in [0.2, 0.25) is 0 Å². The molecule has 8 heteroatoms. The van der Waals surface area contributed by atoms with Gasteiger partial charge in [0.05, 0.1) is 23.6 Å². The highest BCUT2D eigenvalue weighted by Crippen LogP contribution is 2.35. The number of benzene rings is 1. The molecule has 0 spiro atoms. The molecule has 1 aromatic carbocycles. The van der Waals surface area contributed by atoms with Crippen LogP contribution in [0.25, 0.3) is 0 Å². The van der Waals surface area contributed by atoms with Crippen molar-refractivity contribution in [2.45, 2.75) is 33.6 Å². The third-order valence-corrected chi connectivity index (χ3v) is 4.53. The van der Waals surface area contributed by atoms with Crippen LogP contribution >= 0.6 is 0 Å². The lowest BCUT2D eigenvalue weighted by atomic mass is 10.0. The lowest BCUT2D eigenvalue weighted by molar-refractivity contribution is 0.0524. The van der Waals surface area contributed by atoms with Crippen LogP contribution in [0.4, 0.5) is 23.0 Å². The summed E-state index contributed by atoms with van der Waals surface area (Å²) in [4.78, 5) is 22.4. The van der Waals surface area contributed by atoms with Gasteiger partial charge in [-0.15, -0.1) is 10.2 Å². The first-order valence-electron chi connectivity index (χ1n) is 9.13. The molecule has 8 nitrogen and oxygen atoms in total. The number of aromatic nitrogens is 2. The maximum Gasteiger partial charge on any atom is 0.341 e. The Balaban J connectivity index is 1.84. The highest BCUT2D eigenvalue weighted by molar-refractivity contribution is 5.90. The van der Waals surface area contributed by atoms with Crippen LogP contribution in [0, 0.1) is 6.92 Å². The number of aryl methyl sites for hydroxylation is 2. The fourth-order valence-electron chi connectivity index (χ4n) is 3.14. The molecule has 0 unspecified atom stereocenters. The van der Waals surface area contributed by atoms with E-state index in [9.17, 15) is 4.79 Å². The number of hydrogen-bond donors (Lipinski definition) is 1. The van der Waals surface area contributed by atoms with E-state index >= 15 is 0 Å². The van der Waals surface area contributed by atoms with Crippen LogP contribution in [0.2, 0.25) is 0 Å². The van der Waals surface area contributed by atoms with Gasteiger partial charge in [0.1, 0.15) is 5.69 Å². The fourth-order valence-corrected chi connectivity index (χ4v) is 3.14. The van der Waals surface area contributed by atoms with E-state index in [-0.39, 0.29) is 5.95 Å². The molecule has 0 aliphatic carbocycles. The Morgan fingerprint density at radius 2 is 2.15 bits per heavy atom. The van der Waals surface area contributed by atoms with Crippen molar-refractivity contribution in [3.05, 3.63) is 35.2 Å². The summed E-state index contributed by atoms with van der Waals surface area (Å²) in [7, 11) is 0. The predicted molar refractivity (Wildman–Crippen MR) is 104 cm³/mol. The number of anilines is 2. The first kappa shape index (κ1) is 18.8. The summed E-state index contributed by atoms with van der Waals surface area (Å²) < 4.78 is 4.97. The minimum absolute atomic E-state index is 0.174. The number of nitrogens with zero attached hydrogens (tertiary/aromatic N) is 5.